The fraction of sp³-hybridized carbons (Fsp3) is 0.412. The first kappa shape index (κ1) is 19.5. The van der Waals surface area contributed by atoms with Gasteiger partial charge in [0.2, 0.25) is 0 Å². The number of carbonyl (C=O) groups excluding carboxylic acids is 1. The van der Waals surface area contributed by atoms with Crippen molar-refractivity contribution < 1.29 is 18.0 Å². The molecule has 1 aromatic carbocycles. The van der Waals surface area contributed by atoms with Crippen LogP contribution in [0.15, 0.2) is 34.9 Å². The molecule has 4 nitrogen and oxygen atoms in total. The lowest BCUT2D eigenvalue weighted by molar-refractivity contribution is -0.145. The van der Waals surface area contributed by atoms with E-state index in [-0.39, 0.29) is 6.54 Å². The van der Waals surface area contributed by atoms with E-state index in [9.17, 15) is 18.0 Å². The molecule has 8 heteroatoms. The van der Waals surface area contributed by atoms with Crippen molar-refractivity contribution in [2.75, 3.05) is 6.54 Å². The van der Waals surface area contributed by atoms with Crippen molar-refractivity contribution >= 4 is 21.8 Å². The first-order valence-corrected chi connectivity index (χ1v) is 8.66. The highest BCUT2D eigenvalue weighted by Crippen LogP contribution is 2.33. The van der Waals surface area contributed by atoms with Crippen LogP contribution in [0, 0.1) is 0 Å². The molecule has 0 bridgehead atoms. The standard InChI is InChI=1S/C17H19BrF3N3O/c1-11(2)24-15(17(19,20)21)14(10-23-24)16(25)22-8-4-6-12-5-3-7-13(18)9-12/h3,5,7,9-11H,4,6,8H2,1-2H3,(H,22,25). The summed E-state index contributed by atoms with van der Waals surface area (Å²) in [4.78, 5) is 12.1. The van der Waals surface area contributed by atoms with E-state index in [1.807, 2.05) is 24.3 Å². The predicted molar refractivity (Wildman–Crippen MR) is 92.4 cm³/mol. The summed E-state index contributed by atoms with van der Waals surface area (Å²) >= 11 is 3.38. The highest BCUT2D eigenvalue weighted by atomic mass is 79.9. The van der Waals surface area contributed by atoms with Gasteiger partial charge in [-0.25, -0.2) is 0 Å². The SMILES string of the molecule is CC(C)n1ncc(C(=O)NCCCc2cccc(Br)c2)c1C(F)(F)F. The largest absolute Gasteiger partial charge is 0.433 e. The fourth-order valence-electron chi connectivity index (χ4n) is 2.48. The normalized spacial score (nSPS) is 11.8. The zero-order chi connectivity index (χ0) is 18.6. The van der Waals surface area contributed by atoms with Gasteiger partial charge in [0.25, 0.3) is 5.91 Å². The molecule has 25 heavy (non-hydrogen) atoms. The van der Waals surface area contributed by atoms with Crippen LogP contribution in [0.5, 0.6) is 0 Å². The van der Waals surface area contributed by atoms with Gasteiger partial charge in [-0.2, -0.15) is 18.3 Å². The molecular weight excluding hydrogens is 399 g/mol. The average Bonchev–Trinajstić information content (AvgIpc) is 2.97. The number of hydrogen-bond acceptors (Lipinski definition) is 2. The second-order valence-corrected chi connectivity index (χ2v) is 6.85. The smallest absolute Gasteiger partial charge is 0.352 e. The van der Waals surface area contributed by atoms with Crippen LogP contribution in [0.4, 0.5) is 13.2 Å². The van der Waals surface area contributed by atoms with Gasteiger partial charge in [-0.05, 0) is 44.4 Å². The highest BCUT2D eigenvalue weighted by molar-refractivity contribution is 9.10. The van der Waals surface area contributed by atoms with E-state index < -0.39 is 29.4 Å². The molecule has 1 aromatic heterocycles. The Morgan fingerprint density at radius 3 is 2.68 bits per heavy atom. The van der Waals surface area contributed by atoms with E-state index in [1.165, 1.54) is 0 Å². The van der Waals surface area contributed by atoms with E-state index in [0.29, 0.717) is 6.42 Å². The summed E-state index contributed by atoms with van der Waals surface area (Å²) < 4.78 is 41.6. The van der Waals surface area contributed by atoms with Crippen LogP contribution in [-0.4, -0.2) is 22.2 Å². The van der Waals surface area contributed by atoms with Crippen LogP contribution in [0.3, 0.4) is 0 Å². The maximum atomic E-state index is 13.3. The van der Waals surface area contributed by atoms with Crippen LogP contribution in [0.2, 0.25) is 0 Å². The van der Waals surface area contributed by atoms with Crippen molar-refractivity contribution in [3.05, 3.63) is 51.8 Å². The summed E-state index contributed by atoms with van der Waals surface area (Å²) in [5.41, 5.74) is -0.358. The van der Waals surface area contributed by atoms with E-state index >= 15 is 0 Å². The molecule has 0 spiro atoms. The Morgan fingerprint density at radius 1 is 1.36 bits per heavy atom. The number of nitrogens with one attached hydrogen (secondary N) is 1. The van der Waals surface area contributed by atoms with Crippen molar-refractivity contribution in [2.24, 2.45) is 0 Å². The Labute approximate surface area is 152 Å². The maximum Gasteiger partial charge on any atom is 0.433 e. The first-order valence-electron chi connectivity index (χ1n) is 7.87. The van der Waals surface area contributed by atoms with Crippen LogP contribution in [-0.2, 0) is 12.6 Å². The van der Waals surface area contributed by atoms with E-state index in [2.05, 4.69) is 26.3 Å². The highest BCUT2D eigenvalue weighted by Gasteiger charge is 2.40. The number of rotatable bonds is 6. The van der Waals surface area contributed by atoms with Crippen molar-refractivity contribution in [1.82, 2.24) is 15.1 Å². The molecule has 2 rings (SSSR count). The van der Waals surface area contributed by atoms with Crippen LogP contribution in [0.25, 0.3) is 0 Å². The number of benzene rings is 1. The quantitative estimate of drug-likeness (QED) is 0.697. The molecule has 0 radical (unpaired) electrons. The van der Waals surface area contributed by atoms with Gasteiger partial charge in [0.15, 0.2) is 5.69 Å². The van der Waals surface area contributed by atoms with Gasteiger partial charge >= 0.3 is 6.18 Å². The summed E-state index contributed by atoms with van der Waals surface area (Å²) in [5.74, 6) is -0.756. The molecule has 0 aliphatic carbocycles. The molecule has 0 saturated heterocycles. The summed E-state index contributed by atoms with van der Waals surface area (Å²) in [6.07, 6.45) is -2.31. The number of aryl methyl sites for hydroxylation is 1. The zero-order valence-electron chi connectivity index (χ0n) is 13.9. The summed E-state index contributed by atoms with van der Waals surface area (Å²) in [7, 11) is 0. The lowest BCUT2D eigenvalue weighted by atomic mass is 10.1. The number of carbonyl (C=O) groups is 1. The van der Waals surface area contributed by atoms with Gasteiger partial charge in [0.05, 0.1) is 11.8 Å². The molecule has 2 aromatic rings. The number of alkyl halides is 3. The van der Waals surface area contributed by atoms with Crippen molar-refractivity contribution in [3.63, 3.8) is 0 Å². The molecule has 1 amide bonds. The molecule has 0 atom stereocenters. The molecule has 0 aliphatic rings. The van der Waals surface area contributed by atoms with Gasteiger partial charge < -0.3 is 5.32 Å². The van der Waals surface area contributed by atoms with Gasteiger partial charge in [0.1, 0.15) is 0 Å². The minimum atomic E-state index is -4.64. The van der Waals surface area contributed by atoms with Crippen molar-refractivity contribution in [2.45, 2.75) is 38.9 Å². The Bertz CT molecular complexity index is 741. The third-order valence-corrected chi connectivity index (χ3v) is 4.11. The topological polar surface area (TPSA) is 46.9 Å². The van der Waals surface area contributed by atoms with Gasteiger partial charge in [-0.1, -0.05) is 28.1 Å². The molecule has 0 fully saturated rings. The molecule has 1 heterocycles. The Kier molecular flexibility index (Phi) is 6.26. The van der Waals surface area contributed by atoms with Crippen molar-refractivity contribution in [3.8, 4) is 0 Å². The number of amides is 1. The Hall–Kier alpha value is -1.83. The van der Waals surface area contributed by atoms with E-state index in [1.54, 1.807) is 13.8 Å². The summed E-state index contributed by atoms with van der Waals surface area (Å²) in [6, 6.07) is 7.26. The summed E-state index contributed by atoms with van der Waals surface area (Å²) in [6.45, 7) is 3.46. The monoisotopic (exact) mass is 417 g/mol. The molecule has 0 aliphatic heterocycles. The zero-order valence-corrected chi connectivity index (χ0v) is 15.5. The van der Waals surface area contributed by atoms with Gasteiger partial charge in [-0.15, -0.1) is 0 Å². The average molecular weight is 418 g/mol. The van der Waals surface area contributed by atoms with E-state index in [0.717, 1.165) is 27.3 Å². The maximum absolute atomic E-state index is 13.3. The molecule has 0 saturated carbocycles. The van der Waals surface area contributed by atoms with Gasteiger partial charge in [-0.3, -0.25) is 9.48 Å². The first-order chi connectivity index (χ1) is 11.7. The van der Waals surface area contributed by atoms with Crippen LogP contribution < -0.4 is 5.32 Å². The molecule has 136 valence electrons. The second-order valence-electron chi connectivity index (χ2n) is 5.93. The lowest BCUT2D eigenvalue weighted by Crippen LogP contribution is -2.28. The minimum Gasteiger partial charge on any atom is -0.352 e. The van der Waals surface area contributed by atoms with Crippen LogP contribution >= 0.6 is 15.9 Å². The fourth-order valence-corrected chi connectivity index (χ4v) is 2.93. The Balaban J connectivity index is 1.99. The predicted octanol–water partition coefficient (Wildman–Crippen LogP) is 4.61. The lowest BCUT2D eigenvalue weighted by Gasteiger charge is -2.15. The third-order valence-electron chi connectivity index (χ3n) is 3.61. The van der Waals surface area contributed by atoms with E-state index in [4.69, 9.17) is 0 Å². The second kappa shape index (κ2) is 8.03. The summed E-state index contributed by atoms with van der Waals surface area (Å²) in [5, 5.41) is 6.26. The molecular formula is C17H19BrF3N3O. The van der Waals surface area contributed by atoms with Crippen molar-refractivity contribution in [1.29, 1.82) is 0 Å². The number of hydrogen-bond donors (Lipinski definition) is 1. The Morgan fingerprint density at radius 2 is 2.08 bits per heavy atom. The molecule has 1 N–H and O–H groups in total. The molecule has 0 unspecified atom stereocenters. The number of nitrogens with zero attached hydrogens (tertiary/aromatic N) is 2. The number of halogens is 4. The minimum absolute atomic E-state index is 0.287. The third kappa shape index (κ3) is 5.07. The van der Waals surface area contributed by atoms with Gasteiger partial charge in [0, 0.05) is 17.1 Å². The van der Waals surface area contributed by atoms with Crippen LogP contribution in [0.1, 0.15) is 47.9 Å². The number of aromatic nitrogens is 2.